The minimum atomic E-state index is -4.74. The lowest BCUT2D eigenvalue weighted by atomic mass is 9.89. The Hall–Kier alpha value is -3.98. The van der Waals surface area contributed by atoms with E-state index in [0.29, 0.717) is 47.1 Å². The van der Waals surface area contributed by atoms with E-state index in [4.69, 9.17) is 4.18 Å². The molecule has 1 aliphatic carbocycles. The number of rotatable bonds is 6. The van der Waals surface area contributed by atoms with Crippen LogP contribution in [0, 0.1) is 6.92 Å². The van der Waals surface area contributed by atoms with Crippen molar-refractivity contribution in [2.24, 2.45) is 0 Å². The second kappa shape index (κ2) is 10.4. The largest absolute Gasteiger partial charge is 0.744 e. The van der Waals surface area contributed by atoms with Crippen LogP contribution < -0.4 is 4.18 Å². The summed E-state index contributed by atoms with van der Waals surface area (Å²) >= 11 is 0. The summed E-state index contributed by atoms with van der Waals surface area (Å²) in [6.07, 6.45) is 2.21. The standard InChI is InChI=1S/C33H28O6S2/c1-22-20-30(40(34,35)36)27-18-10-11-19-28(27)32(22)39-41(37,38)33-29(23-12-4-2-5-13-23)21-25-16-8-9-17-26(25)31(33)24-14-6-3-7-15-24/h2-9,12-17,20-21H,10-11,18-19H2,1H3,(H,34,35,36)/p-1. The lowest BCUT2D eigenvalue weighted by Gasteiger charge is -2.26. The number of hydrogen-bond donors (Lipinski definition) is 0. The molecule has 208 valence electrons. The number of aryl methyl sites for hydroxylation is 1. The molecule has 0 N–H and O–H groups in total. The highest BCUT2D eigenvalue weighted by Crippen LogP contribution is 2.44. The van der Waals surface area contributed by atoms with Crippen LogP contribution in [0.25, 0.3) is 33.0 Å². The average Bonchev–Trinajstić information content (AvgIpc) is 2.97. The van der Waals surface area contributed by atoms with E-state index >= 15 is 0 Å². The first-order valence-corrected chi connectivity index (χ1v) is 16.2. The molecule has 5 aromatic rings. The molecule has 6 rings (SSSR count). The van der Waals surface area contributed by atoms with E-state index in [9.17, 15) is 21.4 Å². The molecule has 0 saturated heterocycles. The summed E-state index contributed by atoms with van der Waals surface area (Å²) in [4.78, 5) is -0.270. The Bertz CT molecular complexity index is 2000. The van der Waals surface area contributed by atoms with Crippen LogP contribution in [-0.4, -0.2) is 21.4 Å². The van der Waals surface area contributed by atoms with Crippen molar-refractivity contribution in [1.29, 1.82) is 0 Å². The first-order valence-electron chi connectivity index (χ1n) is 13.4. The lowest BCUT2D eigenvalue weighted by molar-refractivity contribution is 0.459. The van der Waals surface area contributed by atoms with Crippen LogP contribution in [0.2, 0.25) is 0 Å². The molecule has 0 fully saturated rings. The van der Waals surface area contributed by atoms with E-state index in [2.05, 4.69) is 0 Å². The Kier molecular flexibility index (Phi) is 6.93. The molecule has 0 atom stereocenters. The van der Waals surface area contributed by atoms with Crippen LogP contribution in [0.15, 0.2) is 107 Å². The molecule has 0 unspecified atom stereocenters. The molecule has 41 heavy (non-hydrogen) atoms. The van der Waals surface area contributed by atoms with Crippen LogP contribution >= 0.6 is 0 Å². The fourth-order valence-electron chi connectivity index (χ4n) is 5.82. The zero-order valence-electron chi connectivity index (χ0n) is 22.3. The fraction of sp³-hybridized carbons (Fsp3) is 0.152. The maximum atomic E-state index is 14.6. The van der Waals surface area contributed by atoms with Crippen molar-refractivity contribution >= 4 is 31.0 Å². The van der Waals surface area contributed by atoms with E-state index in [1.54, 1.807) is 6.92 Å². The van der Waals surface area contributed by atoms with E-state index in [0.717, 1.165) is 22.8 Å². The molecule has 0 aromatic heterocycles. The van der Waals surface area contributed by atoms with Crippen molar-refractivity contribution in [3.05, 3.63) is 114 Å². The van der Waals surface area contributed by atoms with E-state index in [-0.39, 0.29) is 21.1 Å². The molecular formula is C33H27O6S2-. The Balaban J connectivity index is 1.66. The molecule has 0 spiro atoms. The summed E-state index contributed by atoms with van der Waals surface area (Å²) < 4.78 is 71.4. The molecule has 0 bridgehead atoms. The van der Waals surface area contributed by atoms with Crippen molar-refractivity contribution in [3.63, 3.8) is 0 Å². The smallest absolute Gasteiger partial charge is 0.340 e. The van der Waals surface area contributed by atoms with Gasteiger partial charge in [0.1, 0.15) is 20.8 Å². The topological polar surface area (TPSA) is 101 Å². The normalized spacial score (nSPS) is 13.6. The van der Waals surface area contributed by atoms with Crippen molar-refractivity contribution < 1.29 is 25.6 Å². The molecule has 1 aliphatic rings. The van der Waals surface area contributed by atoms with Crippen molar-refractivity contribution in [2.45, 2.75) is 42.4 Å². The SMILES string of the molecule is Cc1cc(S(=O)(=O)[O-])c2c(c1OS(=O)(=O)c1c(-c3ccccc3)cc3ccccc3c1-c1ccccc1)CCCC2. The third-order valence-corrected chi connectivity index (χ3v) is 9.82. The van der Waals surface area contributed by atoms with E-state index in [1.165, 1.54) is 6.07 Å². The third-order valence-electron chi connectivity index (χ3n) is 7.61. The second-order valence-corrected chi connectivity index (χ2v) is 13.1. The fourth-order valence-corrected chi connectivity index (χ4v) is 8.12. The van der Waals surface area contributed by atoms with Crippen molar-refractivity contribution in [3.8, 4) is 28.0 Å². The highest BCUT2D eigenvalue weighted by molar-refractivity contribution is 7.87. The summed E-state index contributed by atoms with van der Waals surface area (Å²) in [5.41, 5.74) is 3.55. The number of benzene rings is 5. The summed E-state index contributed by atoms with van der Waals surface area (Å²) in [5, 5.41) is 1.63. The molecule has 0 radical (unpaired) electrons. The van der Waals surface area contributed by atoms with Gasteiger partial charge in [-0.2, -0.15) is 8.42 Å². The Morgan fingerprint density at radius 2 is 1.29 bits per heavy atom. The maximum Gasteiger partial charge on any atom is 0.340 e. The third kappa shape index (κ3) is 5.03. The quantitative estimate of drug-likeness (QED) is 0.157. The number of hydrogen-bond acceptors (Lipinski definition) is 6. The van der Waals surface area contributed by atoms with Crippen LogP contribution in [0.4, 0.5) is 0 Å². The highest BCUT2D eigenvalue weighted by Gasteiger charge is 2.32. The average molecular weight is 584 g/mol. The minimum Gasteiger partial charge on any atom is -0.744 e. The molecular weight excluding hydrogens is 556 g/mol. The van der Waals surface area contributed by atoms with E-state index < -0.39 is 20.2 Å². The minimum absolute atomic E-state index is 0.0260. The summed E-state index contributed by atoms with van der Waals surface area (Å²) in [5.74, 6) is 0.0956. The predicted molar refractivity (Wildman–Crippen MR) is 158 cm³/mol. The predicted octanol–water partition coefficient (Wildman–Crippen LogP) is 7.03. The maximum absolute atomic E-state index is 14.6. The van der Waals surface area contributed by atoms with Gasteiger partial charge in [-0.25, -0.2) is 8.42 Å². The van der Waals surface area contributed by atoms with Gasteiger partial charge in [0.05, 0.1) is 4.90 Å². The molecule has 8 heteroatoms. The van der Waals surface area contributed by atoms with Crippen LogP contribution in [0.5, 0.6) is 5.75 Å². The van der Waals surface area contributed by atoms with Crippen LogP contribution in [0.1, 0.15) is 29.5 Å². The van der Waals surface area contributed by atoms with Crippen LogP contribution in [0.3, 0.4) is 0 Å². The highest BCUT2D eigenvalue weighted by atomic mass is 32.2. The molecule has 0 saturated carbocycles. The molecule has 0 amide bonds. The second-order valence-electron chi connectivity index (χ2n) is 10.3. The number of fused-ring (bicyclic) bond motifs is 2. The van der Waals surface area contributed by atoms with Crippen LogP contribution in [-0.2, 0) is 33.1 Å². The van der Waals surface area contributed by atoms with Gasteiger partial charge in [-0.1, -0.05) is 84.9 Å². The first kappa shape index (κ1) is 27.2. The first-order chi connectivity index (χ1) is 19.6. The molecule has 5 aromatic carbocycles. The van der Waals surface area contributed by atoms with Crippen molar-refractivity contribution in [2.75, 3.05) is 0 Å². The van der Waals surface area contributed by atoms with Gasteiger partial charge in [0.25, 0.3) is 0 Å². The molecule has 6 nitrogen and oxygen atoms in total. The Morgan fingerprint density at radius 3 is 1.95 bits per heavy atom. The van der Waals surface area contributed by atoms with Gasteiger partial charge in [0.2, 0.25) is 0 Å². The molecule has 0 aliphatic heterocycles. The Labute approximate surface area is 240 Å². The summed E-state index contributed by atoms with van der Waals surface area (Å²) in [7, 11) is -9.24. The summed E-state index contributed by atoms with van der Waals surface area (Å²) in [6, 6.07) is 29.4. The monoisotopic (exact) mass is 583 g/mol. The van der Waals surface area contributed by atoms with Gasteiger partial charge in [0, 0.05) is 16.7 Å². The zero-order chi connectivity index (χ0) is 28.8. The van der Waals surface area contributed by atoms with E-state index in [1.807, 2.05) is 91.0 Å². The van der Waals surface area contributed by atoms with Gasteiger partial charge in [-0.05, 0) is 77.8 Å². The van der Waals surface area contributed by atoms with Gasteiger partial charge < -0.3 is 8.74 Å². The lowest BCUT2D eigenvalue weighted by Crippen LogP contribution is -2.18. The zero-order valence-corrected chi connectivity index (χ0v) is 24.0. The van der Waals surface area contributed by atoms with Gasteiger partial charge in [-0.15, -0.1) is 0 Å². The molecule has 0 heterocycles. The summed E-state index contributed by atoms with van der Waals surface area (Å²) in [6.45, 7) is 1.57. The van der Waals surface area contributed by atoms with Crippen molar-refractivity contribution in [1.82, 2.24) is 0 Å². The Morgan fingerprint density at radius 1 is 0.707 bits per heavy atom. The van der Waals surface area contributed by atoms with Gasteiger partial charge in [0.15, 0.2) is 0 Å². The van der Waals surface area contributed by atoms with Gasteiger partial charge >= 0.3 is 10.1 Å². The van der Waals surface area contributed by atoms with Gasteiger partial charge in [-0.3, -0.25) is 0 Å².